The Balaban J connectivity index is 2.24. The minimum absolute atomic E-state index is 0.0144. The zero-order valence-electron chi connectivity index (χ0n) is 11.5. The van der Waals surface area contributed by atoms with Gasteiger partial charge in [-0.1, -0.05) is 53.5 Å². The molecule has 0 aliphatic heterocycles. The van der Waals surface area contributed by atoms with Gasteiger partial charge in [-0.2, -0.15) is 10.1 Å². The molecular weight excluding hydrogens is 347 g/mol. The van der Waals surface area contributed by atoms with Gasteiger partial charge in [0.15, 0.2) is 0 Å². The highest BCUT2D eigenvalue weighted by Gasteiger charge is 2.25. The second-order valence-corrected chi connectivity index (χ2v) is 5.49. The van der Waals surface area contributed by atoms with Crippen LogP contribution in [0.2, 0.25) is 15.2 Å². The monoisotopic (exact) mass is 357 g/mol. The fraction of sp³-hybridized carbons (Fsp3) is 0.0714. The largest absolute Gasteiger partial charge is 0.396 e. The lowest BCUT2D eigenvalue weighted by Gasteiger charge is -2.04. The lowest BCUT2D eigenvalue weighted by Crippen LogP contribution is -2.29. The molecule has 1 aromatic heterocycles. The molecule has 0 aliphatic rings. The molecule has 2 rings (SSSR count). The molecule has 0 spiro atoms. The fourth-order valence-corrected chi connectivity index (χ4v) is 2.27. The molecule has 5 nitrogen and oxygen atoms in total. The Kier molecular flexibility index (Phi) is 5.24. The molecule has 1 aromatic carbocycles. The molecule has 4 N–H and O–H groups in total. The molecule has 0 bridgehead atoms. The van der Waals surface area contributed by atoms with Gasteiger partial charge in [0.2, 0.25) is 0 Å². The quantitative estimate of drug-likeness (QED) is 0.502. The third-order valence-corrected chi connectivity index (χ3v) is 4.03. The SMILES string of the molecule is C/C(=N\NC(=O)c1[nH+]c(Cl)c(Cl)c(N)c1Cl)c1ccccc1. The van der Waals surface area contributed by atoms with Gasteiger partial charge in [-0.15, -0.1) is 0 Å². The van der Waals surface area contributed by atoms with Crippen LogP contribution >= 0.6 is 34.8 Å². The average molecular weight is 359 g/mol. The number of hydrazone groups is 1. The molecule has 0 saturated heterocycles. The number of rotatable bonds is 3. The summed E-state index contributed by atoms with van der Waals surface area (Å²) in [4.78, 5) is 14.7. The van der Waals surface area contributed by atoms with E-state index in [1.54, 1.807) is 6.92 Å². The van der Waals surface area contributed by atoms with Crippen molar-refractivity contribution >= 4 is 52.1 Å². The van der Waals surface area contributed by atoms with Crippen molar-refractivity contribution in [1.29, 1.82) is 0 Å². The predicted molar refractivity (Wildman–Crippen MR) is 88.6 cm³/mol. The van der Waals surface area contributed by atoms with Gasteiger partial charge in [0.05, 0.1) is 11.4 Å². The van der Waals surface area contributed by atoms with Crippen LogP contribution in [0.4, 0.5) is 5.69 Å². The van der Waals surface area contributed by atoms with Crippen molar-refractivity contribution < 1.29 is 9.78 Å². The number of nitrogens with one attached hydrogen (secondary N) is 2. The van der Waals surface area contributed by atoms with Crippen molar-refractivity contribution in [3.63, 3.8) is 0 Å². The van der Waals surface area contributed by atoms with E-state index in [4.69, 9.17) is 40.5 Å². The summed E-state index contributed by atoms with van der Waals surface area (Å²) in [6.07, 6.45) is 0. The molecule has 0 unspecified atom stereocenters. The van der Waals surface area contributed by atoms with Gasteiger partial charge in [0, 0.05) is 0 Å². The lowest BCUT2D eigenvalue weighted by atomic mass is 10.1. The Bertz CT molecular complexity index is 747. The van der Waals surface area contributed by atoms with Crippen molar-refractivity contribution in [2.45, 2.75) is 6.92 Å². The molecule has 2 aromatic rings. The number of H-pyrrole nitrogens is 1. The zero-order valence-corrected chi connectivity index (χ0v) is 13.7. The van der Waals surface area contributed by atoms with Gasteiger partial charge >= 0.3 is 5.91 Å². The van der Waals surface area contributed by atoms with Crippen molar-refractivity contribution in [3.8, 4) is 0 Å². The summed E-state index contributed by atoms with van der Waals surface area (Å²) in [5.41, 5.74) is 9.60. The maximum Gasteiger partial charge on any atom is 0.337 e. The summed E-state index contributed by atoms with van der Waals surface area (Å²) in [6.45, 7) is 1.77. The normalized spacial score (nSPS) is 11.4. The first-order valence-corrected chi connectivity index (χ1v) is 7.30. The van der Waals surface area contributed by atoms with Gasteiger partial charge in [0.25, 0.3) is 10.8 Å². The van der Waals surface area contributed by atoms with Crippen molar-refractivity contribution in [3.05, 3.63) is 56.8 Å². The highest BCUT2D eigenvalue weighted by atomic mass is 35.5. The van der Waals surface area contributed by atoms with E-state index in [0.29, 0.717) is 5.71 Å². The standard InChI is InChI=1S/C14H11Cl3N4O/c1-7(8-5-3-2-4-6-8)20-21-14(22)12-9(15)11(18)10(16)13(17)19-12/h2-6H,1H3,(H2,18,19)(H,21,22)/p+1/b20-7+. The Hall–Kier alpha value is -1.82. The first-order chi connectivity index (χ1) is 10.4. The number of aromatic nitrogens is 1. The molecule has 22 heavy (non-hydrogen) atoms. The van der Waals surface area contributed by atoms with Crippen LogP contribution in [0.25, 0.3) is 0 Å². The van der Waals surface area contributed by atoms with Crippen LogP contribution in [0, 0.1) is 0 Å². The van der Waals surface area contributed by atoms with Crippen LogP contribution in [0.15, 0.2) is 35.4 Å². The maximum atomic E-state index is 12.1. The molecule has 0 saturated carbocycles. The topological polar surface area (TPSA) is 81.6 Å². The van der Waals surface area contributed by atoms with Gasteiger partial charge in [-0.3, -0.25) is 4.79 Å². The zero-order chi connectivity index (χ0) is 16.3. The number of benzene rings is 1. The smallest absolute Gasteiger partial charge is 0.337 e. The number of hydrogen-bond donors (Lipinski definition) is 2. The summed E-state index contributed by atoms with van der Waals surface area (Å²) in [5.74, 6) is -0.578. The summed E-state index contributed by atoms with van der Waals surface area (Å²) in [7, 11) is 0. The minimum atomic E-state index is -0.578. The number of hydrogen-bond acceptors (Lipinski definition) is 3. The summed E-state index contributed by atoms with van der Waals surface area (Å²) >= 11 is 17.7. The number of anilines is 1. The van der Waals surface area contributed by atoms with Gasteiger partial charge in [-0.25, -0.2) is 5.43 Å². The van der Waals surface area contributed by atoms with Crippen LogP contribution in [-0.2, 0) is 0 Å². The Morgan fingerprint density at radius 2 is 1.82 bits per heavy atom. The molecule has 0 atom stereocenters. The number of pyridine rings is 1. The first-order valence-electron chi connectivity index (χ1n) is 6.17. The fourth-order valence-electron chi connectivity index (χ4n) is 1.66. The first kappa shape index (κ1) is 16.5. The van der Waals surface area contributed by atoms with E-state index in [9.17, 15) is 4.79 Å². The lowest BCUT2D eigenvalue weighted by molar-refractivity contribution is -0.379. The molecule has 0 fully saturated rings. The number of nitrogens with zero attached hydrogens (tertiary/aromatic N) is 1. The highest BCUT2D eigenvalue weighted by molar-refractivity contribution is 6.45. The van der Waals surface area contributed by atoms with Crippen LogP contribution in [0.1, 0.15) is 23.0 Å². The van der Waals surface area contributed by atoms with E-state index in [1.807, 2.05) is 30.3 Å². The van der Waals surface area contributed by atoms with Crippen molar-refractivity contribution in [1.82, 2.24) is 5.43 Å². The second-order valence-electron chi connectivity index (χ2n) is 4.36. The number of halogens is 3. The van der Waals surface area contributed by atoms with Crippen molar-refractivity contribution in [2.75, 3.05) is 5.73 Å². The average Bonchev–Trinajstić information content (AvgIpc) is 2.54. The molecule has 1 amide bonds. The van der Waals surface area contributed by atoms with Crippen LogP contribution in [0.5, 0.6) is 0 Å². The summed E-state index contributed by atoms with van der Waals surface area (Å²) in [6, 6.07) is 9.39. The molecule has 114 valence electrons. The number of nitrogen functional groups attached to an aromatic ring is 1. The van der Waals surface area contributed by atoms with E-state index in [1.165, 1.54) is 0 Å². The molecule has 8 heteroatoms. The number of carbonyl (C=O) groups is 1. The maximum absolute atomic E-state index is 12.1. The number of aromatic amines is 1. The Morgan fingerprint density at radius 1 is 1.18 bits per heavy atom. The number of amides is 1. The van der Waals surface area contributed by atoms with Crippen LogP contribution in [0.3, 0.4) is 0 Å². The third kappa shape index (κ3) is 3.50. The van der Waals surface area contributed by atoms with Gasteiger partial charge in [-0.05, 0) is 24.1 Å². The Morgan fingerprint density at radius 3 is 2.45 bits per heavy atom. The van der Waals surface area contributed by atoms with E-state index in [2.05, 4.69) is 15.5 Å². The van der Waals surface area contributed by atoms with Gasteiger partial charge in [0.1, 0.15) is 10.0 Å². The predicted octanol–water partition coefficient (Wildman–Crippen LogP) is 3.20. The molecule has 0 aliphatic carbocycles. The molecular formula is C14H12Cl3N4O+. The van der Waals surface area contributed by atoms with Gasteiger partial charge < -0.3 is 5.73 Å². The summed E-state index contributed by atoms with van der Waals surface area (Å²) in [5, 5.41) is 4.09. The van der Waals surface area contributed by atoms with E-state index in [-0.39, 0.29) is 26.6 Å². The van der Waals surface area contributed by atoms with E-state index in [0.717, 1.165) is 5.56 Å². The highest BCUT2D eigenvalue weighted by Crippen LogP contribution is 2.31. The number of carbonyl (C=O) groups excluding carboxylic acids is 1. The van der Waals surface area contributed by atoms with Crippen LogP contribution < -0.4 is 16.1 Å². The van der Waals surface area contributed by atoms with Crippen LogP contribution in [-0.4, -0.2) is 11.6 Å². The van der Waals surface area contributed by atoms with Crippen molar-refractivity contribution in [2.24, 2.45) is 5.10 Å². The van der Waals surface area contributed by atoms with E-state index < -0.39 is 5.91 Å². The summed E-state index contributed by atoms with van der Waals surface area (Å²) < 4.78 is 0. The molecule has 0 radical (unpaired) electrons. The Labute approximate surface area is 142 Å². The number of nitrogens with two attached hydrogens (primary N) is 1. The molecule has 1 heterocycles. The third-order valence-electron chi connectivity index (χ3n) is 2.86. The van der Waals surface area contributed by atoms with E-state index >= 15 is 0 Å². The second kappa shape index (κ2) is 6.96. The minimum Gasteiger partial charge on any atom is -0.396 e.